The molecule has 0 atom stereocenters. The fourth-order valence-electron chi connectivity index (χ4n) is 0.775. The van der Waals surface area contributed by atoms with Crippen LogP contribution in [0.2, 0.25) is 0 Å². The Labute approximate surface area is 87.0 Å². The van der Waals surface area contributed by atoms with E-state index in [2.05, 4.69) is 29.4 Å². The minimum atomic E-state index is -3.46. The second-order valence-corrected chi connectivity index (χ2v) is 4.43. The van der Waals surface area contributed by atoms with Crippen LogP contribution >= 0.6 is 0 Å². The van der Waals surface area contributed by atoms with Gasteiger partial charge in [-0.3, -0.25) is 4.72 Å². The van der Waals surface area contributed by atoms with Gasteiger partial charge in [-0.15, -0.1) is 5.10 Å². The molecule has 0 fully saturated rings. The summed E-state index contributed by atoms with van der Waals surface area (Å²) in [6, 6.07) is 0.0689. The van der Waals surface area contributed by atoms with E-state index >= 15 is 0 Å². The van der Waals surface area contributed by atoms with Gasteiger partial charge in [0.25, 0.3) is 0 Å². The van der Waals surface area contributed by atoms with E-state index in [9.17, 15) is 8.42 Å². The largest absolute Gasteiger partial charge is 0.466 e. The Morgan fingerprint density at radius 1 is 1.47 bits per heavy atom. The van der Waals surface area contributed by atoms with Crippen molar-refractivity contribution in [2.75, 3.05) is 31.3 Å². The van der Waals surface area contributed by atoms with E-state index in [1.807, 2.05) is 0 Å². The minimum absolute atomic E-state index is 0.0166. The molecule has 1 rings (SSSR count). The predicted octanol–water partition coefficient (Wildman–Crippen LogP) is -0.799. The van der Waals surface area contributed by atoms with Crippen LogP contribution in [0.1, 0.15) is 0 Å². The first kappa shape index (κ1) is 11.7. The van der Waals surface area contributed by atoms with Gasteiger partial charge in [0, 0.05) is 7.11 Å². The lowest BCUT2D eigenvalue weighted by molar-refractivity contribution is 0.217. The van der Waals surface area contributed by atoms with Crippen molar-refractivity contribution in [3.63, 3.8) is 0 Å². The molecule has 0 saturated heterocycles. The maximum Gasteiger partial charge on any atom is 0.336 e. The Bertz CT molecular complexity index is 401. The molecule has 2 N–H and O–H groups in total. The first-order chi connectivity index (χ1) is 7.07. The van der Waals surface area contributed by atoms with E-state index in [-0.39, 0.29) is 24.3 Å². The highest BCUT2D eigenvalue weighted by Gasteiger charge is 2.12. The van der Waals surface area contributed by atoms with Gasteiger partial charge < -0.3 is 9.47 Å². The van der Waals surface area contributed by atoms with Crippen LogP contribution < -0.4 is 9.46 Å². The van der Waals surface area contributed by atoms with Gasteiger partial charge in [0.2, 0.25) is 16.0 Å². The fraction of sp³-hybridized carbons (Fsp3) is 0.667. The summed E-state index contributed by atoms with van der Waals surface area (Å²) in [6.45, 7) is 0.112. The van der Waals surface area contributed by atoms with E-state index in [4.69, 9.17) is 0 Å². The van der Waals surface area contributed by atoms with Crippen molar-refractivity contribution in [1.82, 2.24) is 15.2 Å². The number of hydrogen-bond acceptors (Lipinski definition) is 6. The van der Waals surface area contributed by atoms with E-state index in [0.29, 0.717) is 0 Å². The number of H-pyrrole nitrogens is 1. The maximum absolute atomic E-state index is 11.3. The third-order valence-electron chi connectivity index (χ3n) is 1.46. The molecule has 86 valence electrons. The molecule has 1 aromatic heterocycles. The average molecular weight is 236 g/mol. The zero-order valence-electron chi connectivity index (χ0n) is 8.35. The van der Waals surface area contributed by atoms with Crippen LogP contribution in [0.4, 0.5) is 5.95 Å². The summed E-state index contributed by atoms with van der Waals surface area (Å²) in [7, 11) is -0.651. The van der Waals surface area contributed by atoms with Crippen molar-refractivity contribution in [3.8, 4) is 6.01 Å². The number of nitrogens with one attached hydrogen (secondary N) is 2. The highest BCUT2D eigenvalue weighted by Crippen LogP contribution is 2.06. The lowest BCUT2D eigenvalue weighted by Gasteiger charge is -2.02. The Kier molecular flexibility index (Phi) is 3.86. The Morgan fingerprint density at radius 3 is 2.73 bits per heavy atom. The van der Waals surface area contributed by atoms with Gasteiger partial charge in [-0.05, 0) is 0 Å². The molecule has 15 heavy (non-hydrogen) atoms. The molecule has 0 radical (unpaired) electrons. The van der Waals surface area contributed by atoms with Crippen molar-refractivity contribution in [3.05, 3.63) is 0 Å². The number of aromatic amines is 1. The van der Waals surface area contributed by atoms with Crippen LogP contribution in [-0.4, -0.2) is 50.2 Å². The number of anilines is 1. The normalized spacial score (nSPS) is 11.3. The summed E-state index contributed by atoms with van der Waals surface area (Å²) in [4.78, 5) is 3.70. The number of ether oxygens (including phenoxy) is 2. The zero-order chi connectivity index (χ0) is 11.3. The third-order valence-corrected chi connectivity index (χ3v) is 2.66. The van der Waals surface area contributed by atoms with Crippen LogP contribution in [0, 0.1) is 0 Å². The molecule has 9 heteroatoms. The van der Waals surface area contributed by atoms with E-state index in [1.54, 1.807) is 0 Å². The van der Waals surface area contributed by atoms with Gasteiger partial charge in [0.15, 0.2) is 0 Å². The average Bonchev–Trinajstić information content (AvgIpc) is 2.62. The molecule has 1 aromatic rings. The van der Waals surface area contributed by atoms with Crippen LogP contribution in [0.5, 0.6) is 6.01 Å². The van der Waals surface area contributed by atoms with Crippen molar-refractivity contribution in [2.24, 2.45) is 0 Å². The van der Waals surface area contributed by atoms with Gasteiger partial charge in [-0.1, -0.05) is 0 Å². The predicted molar refractivity (Wildman–Crippen MR) is 52.2 cm³/mol. The zero-order valence-corrected chi connectivity index (χ0v) is 9.17. The monoisotopic (exact) mass is 236 g/mol. The van der Waals surface area contributed by atoms with Crippen LogP contribution in [0.25, 0.3) is 0 Å². The van der Waals surface area contributed by atoms with E-state index in [1.165, 1.54) is 14.2 Å². The summed E-state index contributed by atoms with van der Waals surface area (Å²) in [5.74, 6) is -0.130. The van der Waals surface area contributed by atoms with Gasteiger partial charge in [0.1, 0.15) is 0 Å². The SMILES string of the molecule is COCCS(=O)(=O)Nc1nc(OC)n[nH]1. The molecule has 0 amide bonds. The van der Waals surface area contributed by atoms with Crippen LogP contribution in [0.15, 0.2) is 0 Å². The maximum atomic E-state index is 11.3. The molecular formula is C6H12N4O4S. The van der Waals surface area contributed by atoms with E-state index in [0.717, 1.165) is 0 Å². The lowest BCUT2D eigenvalue weighted by Crippen LogP contribution is -2.20. The van der Waals surface area contributed by atoms with Crippen molar-refractivity contribution < 1.29 is 17.9 Å². The summed E-state index contributed by atoms with van der Waals surface area (Å²) < 4.78 is 34.2. The highest BCUT2D eigenvalue weighted by molar-refractivity contribution is 7.92. The number of nitrogens with zero attached hydrogens (tertiary/aromatic N) is 2. The van der Waals surface area contributed by atoms with Gasteiger partial charge >= 0.3 is 6.01 Å². The molecule has 0 aliphatic rings. The molecule has 1 heterocycles. The number of sulfonamides is 1. The standard InChI is InChI=1S/C6H12N4O4S/c1-13-3-4-15(11,12)10-5-7-6(14-2)9-8-5/h3-4H2,1-2H3,(H2,7,8,9,10). The van der Waals surface area contributed by atoms with Crippen molar-refractivity contribution in [2.45, 2.75) is 0 Å². The van der Waals surface area contributed by atoms with Crippen LogP contribution in [0.3, 0.4) is 0 Å². The highest BCUT2D eigenvalue weighted by atomic mass is 32.2. The van der Waals surface area contributed by atoms with Gasteiger partial charge in [-0.25, -0.2) is 13.5 Å². The van der Waals surface area contributed by atoms with Gasteiger partial charge in [-0.2, -0.15) is 4.98 Å². The topological polar surface area (TPSA) is 106 Å². The molecule has 8 nitrogen and oxygen atoms in total. The second-order valence-electron chi connectivity index (χ2n) is 2.58. The summed E-state index contributed by atoms with van der Waals surface area (Å²) in [5.41, 5.74) is 0. The summed E-state index contributed by atoms with van der Waals surface area (Å²) in [6.07, 6.45) is 0. The Morgan fingerprint density at radius 2 is 2.20 bits per heavy atom. The summed E-state index contributed by atoms with van der Waals surface area (Å²) in [5, 5.41) is 5.95. The summed E-state index contributed by atoms with van der Waals surface area (Å²) >= 11 is 0. The first-order valence-corrected chi connectivity index (χ1v) is 5.68. The second kappa shape index (κ2) is 4.94. The first-order valence-electron chi connectivity index (χ1n) is 4.03. The third kappa shape index (κ3) is 3.72. The number of hydrogen-bond donors (Lipinski definition) is 2. The molecular weight excluding hydrogens is 224 g/mol. The van der Waals surface area contributed by atoms with Gasteiger partial charge in [0.05, 0.1) is 19.5 Å². The Balaban J connectivity index is 2.60. The Hall–Kier alpha value is -1.35. The minimum Gasteiger partial charge on any atom is -0.466 e. The molecule has 0 unspecified atom stereocenters. The van der Waals surface area contributed by atoms with E-state index < -0.39 is 10.0 Å². The number of methoxy groups -OCH3 is 2. The number of rotatable bonds is 6. The molecule has 0 aliphatic heterocycles. The van der Waals surface area contributed by atoms with Crippen LogP contribution in [-0.2, 0) is 14.8 Å². The molecule has 0 saturated carbocycles. The fourth-order valence-corrected chi connectivity index (χ4v) is 1.65. The quantitative estimate of drug-likeness (QED) is 0.669. The van der Waals surface area contributed by atoms with Crippen molar-refractivity contribution in [1.29, 1.82) is 0 Å². The lowest BCUT2D eigenvalue weighted by atomic mass is 10.9. The number of aromatic nitrogens is 3. The molecule has 0 aromatic carbocycles. The molecule has 0 bridgehead atoms. The molecule has 0 aliphatic carbocycles. The smallest absolute Gasteiger partial charge is 0.336 e. The van der Waals surface area contributed by atoms with Crippen molar-refractivity contribution >= 4 is 16.0 Å². The molecule has 0 spiro atoms.